The lowest BCUT2D eigenvalue weighted by atomic mass is 9.93. The smallest absolute Gasteiger partial charge is 0.220 e. The average molecular weight is 487 g/mol. The minimum atomic E-state index is 0. The lowest BCUT2D eigenvalue weighted by molar-refractivity contribution is -0.121. The summed E-state index contributed by atoms with van der Waals surface area (Å²) < 4.78 is 0. The van der Waals surface area contributed by atoms with Gasteiger partial charge in [0.05, 0.1) is 0 Å². The number of nitrogens with zero attached hydrogens (tertiary/aromatic N) is 3. The van der Waals surface area contributed by atoms with Crippen LogP contribution >= 0.6 is 24.0 Å². The molecule has 1 aliphatic heterocycles. The zero-order valence-corrected chi connectivity index (χ0v) is 19.1. The van der Waals surface area contributed by atoms with Crippen molar-refractivity contribution in [2.24, 2.45) is 10.9 Å². The van der Waals surface area contributed by atoms with Gasteiger partial charge in [-0.1, -0.05) is 30.3 Å². The first-order valence-electron chi connectivity index (χ1n) is 9.51. The van der Waals surface area contributed by atoms with Crippen LogP contribution in [0, 0.1) is 5.92 Å². The monoisotopic (exact) mass is 487 g/mol. The highest BCUT2D eigenvalue weighted by molar-refractivity contribution is 14.0. The zero-order chi connectivity index (χ0) is 18.8. The molecule has 7 heteroatoms. The maximum absolute atomic E-state index is 11.5. The van der Waals surface area contributed by atoms with Crippen LogP contribution in [0.25, 0.3) is 0 Å². The Morgan fingerprint density at radius 1 is 1.26 bits per heavy atom. The number of piperidine rings is 1. The Labute approximate surface area is 180 Å². The molecule has 0 spiro atoms. The van der Waals surface area contributed by atoms with Crippen molar-refractivity contribution >= 4 is 35.8 Å². The molecule has 1 heterocycles. The first kappa shape index (κ1) is 23.7. The van der Waals surface area contributed by atoms with Gasteiger partial charge in [-0.3, -0.25) is 9.79 Å². The van der Waals surface area contributed by atoms with E-state index >= 15 is 0 Å². The van der Waals surface area contributed by atoms with E-state index in [-0.39, 0.29) is 29.9 Å². The molecule has 6 nitrogen and oxygen atoms in total. The van der Waals surface area contributed by atoms with Crippen molar-refractivity contribution in [1.29, 1.82) is 0 Å². The third-order valence-electron chi connectivity index (χ3n) is 4.95. The van der Waals surface area contributed by atoms with Crippen molar-refractivity contribution < 1.29 is 4.79 Å². The normalized spacial score (nSPS) is 15.4. The number of hydrogen-bond donors (Lipinski definition) is 2. The van der Waals surface area contributed by atoms with E-state index in [0.717, 1.165) is 51.5 Å². The van der Waals surface area contributed by atoms with Crippen LogP contribution in [-0.2, 0) is 11.3 Å². The summed E-state index contributed by atoms with van der Waals surface area (Å²) in [4.78, 5) is 20.6. The van der Waals surface area contributed by atoms with Crippen molar-refractivity contribution in [3.05, 3.63) is 35.9 Å². The molecule has 1 aliphatic rings. The van der Waals surface area contributed by atoms with Gasteiger partial charge in [-0.05, 0) is 31.4 Å². The molecule has 27 heavy (non-hydrogen) atoms. The molecule has 152 valence electrons. The van der Waals surface area contributed by atoms with Gasteiger partial charge in [-0.25, -0.2) is 0 Å². The van der Waals surface area contributed by atoms with Crippen LogP contribution in [0.15, 0.2) is 35.3 Å². The number of likely N-dealkylation sites (N-methyl/N-ethyl adjacent to an activating group) is 1. The molecular weight excluding hydrogens is 453 g/mol. The molecular formula is C20H34IN5O. The van der Waals surface area contributed by atoms with Crippen LogP contribution in [0.1, 0.15) is 24.8 Å². The second-order valence-electron chi connectivity index (χ2n) is 7.01. The molecule has 1 fully saturated rings. The van der Waals surface area contributed by atoms with Gasteiger partial charge in [0.15, 0.2) is 5.96 Å². The molecule has 2 rings (SSSR count). The average Bonchev–Trinajstić information content (AvgIpc) is 2.67. The minimum Gasteiger partial charge on any atom is -0.359 e. The van der Waals surface area contributed by atoms with E-state index in [0.29, 0.717) is 12.3 Å². The van der Waals surface area contributed by atoms with Gasteiger partial charge in [0.25, 0.3) is 0 Å². The van der Waals surface area contributed by atoms with Crippen LogP contribution in [0.2, 0.25) is 0 Å². The summed E-state index contributed by atoms with van der Waals surface area (Å²) in [6, 6.07) is 10.5. The minimum absolute atomic E-state index is 0. The highest BCUT2D eigenvalue weighted by atomic mass is 127. The number of likely N-dealkylation sites (tertiary alicyclic amines) is 1. The van der Waals surface area contributed by atoms with Crippen molar-refractivity contribution in [2.75, 3.05) is 47.3 Å². The van der Waals surface area contributed by atoms with E-state index in [1.807, 2.05) is 13.1 Å². The number of benzene rings is 1. The molecule has 1 aromatic rings. The molecule has 0 atom stereocenters. The van der Waals surface area contributed by atoms with Gasteiger partial charge in [-0.2, -0.15) is 0 Å². The van der Waals surface area contributed by atoms with E-state index in [2.05, 4.69) is 56.7 Å². The van der Waals surface area contributed by atoms with Crippen LogP contribution < -0.4 is 10.6 Å². The summed E-state index contributed by atoms with van der Waals surface area (Å²) in [7, 11) is 5.69. The molecule has 1 aromatic carbocycles. The third-order valence-corrected chi connectivity index (χ3v) is 4.95. The number of amides is 1. The van der Waals surface area contributed by atoms with Gasteiger partial charge >= 0.3 is 0 Å². The Hall–Kier alpha value is -1.35. The number of aliphatic imine (C=N–C) groups is 1. The fourth-order valence-electron chi connectivity index (χ4n) is 3.38. The highest BCUT2D eigenvalue weighted by Crippen LogP contribution is 2.20. The first-order chi connectivity index (χ1) is 12.6. The fourth-order valence-corrected chi connectivity index (χ4v) is 3.38. The van der Waals surface area contributed by atoms with Gasteiger partial charge in [0, 0.05) is 53.2 Å². The quantitative estimate of drug-likeness (QED) is 0.352. The Balaban J connectivity index is 0.00000364. The lowest BCUT2D eigenvalue weighted by Crippen LogP contribution is -2.47. The summed E-state index contributed by atoms with van der Waals surface area (Å²) in [5.74, 6) is 1.60. The number of guanidine groups is 1. The van der Waals surface area contributed by atoms with E-state index in [4.69, 9.17) is 0 Å². The van der Waals surface area contributed by atoms with Gasteiger partial charge in [0.2, 0.25) is 5.91 Å². The van der Waals surface area contributed by atoms with E-state index in [9.17, 15) is 4.79 Å². The molecule has 0 radical (unpaired) electrons. The van der Waals surface area contributed by atoms with Gasteiger partial charge < -0.3 is 20.4 Å². The topological polar surface area (TPSA) is 60.0 Å². The third kappa shape index (κ3) is 8.47. The Bertz CT molecular complexity index is 573. The number of carbonyl (C=O) groups is 1. The molecule has 0 aliphatic carbocycles. The highest BCUT2D eigenvalue weighted by Gasteiger charge is 2.22. The summed E-state index contributed by atoms with van der Waals surface area (Å²) in [6.45, 7) is 4.70. The Morgan fingerprint density at radius 2 is 1.93 bits per heavy atom. The summed E-state index contributed by atoms with van der Waals surface area (Å²) in [5.41, 5.74) is 1.33. The van der Waals surface area contributed by atoms with E-state index < -0.39 is 0 Å². The number of halogens is 1. The predicted octanol–water partition coefficient (Wildman–Crippen LogP) is 2.16. The SMILES string of the molecule is CN=C(NCCN(C)Cc1ccccc1)N1CCC(CC(=O)NC)CC1.I. The molecule has 0 unspecified atom stereocenters. The number of hydrogen-bond acceptors (Lipinski definition) is 3. The van der Waals surface area contributed by atoms with E-state index in [1.54, 1.807) is 7.05 Å². The molecule has 0 bridgehead atoms. The summed E-state index contributed by atoms with van der Waals surface area (Å²) in [6.07, 6.45) is 2.73. The van der Waals surface area contributed by atoms with Crippen molar-refractivity contribution in [2.45, 2.75) is 25.8 Å². The number of rotatable bonds is 7. The molecule has 0 aromatic heterocycles. The van der Waals surface area contributed by atoms with Crippen LogP contribution in [0.4, 0.5) is 0 Å². The maximum Gasteiger partial charge on any atom is 0.220 e. The standard InChI is InChI=1S/C20H33N5O.HI/c1-21-19(26)15-17-9-12-25(13-10-17)20(22-2)23-11-14-24(3)16-18-7-5-4-6-8-18;/h4-8,17H,9-16H2,1-3H3,(H,21,26)(H,22,23);1H. The molecule has 1 saturated heterocycles. The molecule has 2 N–H and O–H groups in total. The largest absolute Gasteiger partial charge is 0.359 e. The maximum atomic E-state index is 11.5. The predicted molar refractivity (Wildman–Crippen MR) is 123 cm³/mol. The van der Waals surface area contributed by atoms with Crippen LogP contribution in [-0.4, -0.2) is 69.0 Å². The molecule has 1 amide bonds. The Kier molecular flexibility index (Phi) is 11.3. The second kappa shape index (κ2) is 12.9. The number of carbonyl (C=O) groups excluding carboxylic acids is 1. The van der Waals surface area contributed by atoms with Crippen molar-refractivity contribution in [3.63, 3.8) is 0 Å². The first-order valence-corrected chi connectivity index (χ1v) is 9.51. The fraction of sp³-hybridized carbons (Fsp3) is 0.600. The molecule has 0 saturated carbocycles. The van der Waals surface area contributed by atoms with Gasteiger partial charge in [-0.15, -0.1) is 24.0 Å². The van der Waals surface area contributed by atoms with Crippen molar-refractivity contribution in [3.8, 4) is 0 Å². The summed E-state index contributed by atoms with van der Waals surface area (Å²) in [5, 5.41) is 6.20. The summed E-state index contributed by atoms with van der Waals surface area (Å²) >= 11 is 0. The zero-order valence-electron chi connectivity index (χ0n) is 16.8. The van der Waals surface area contributed by atoms with E-state index in [1.165, 1.54) is 5.56 Å². The lowest BCUT2D eigenvalue weighted by Gasteiger charge is -2.34. The van der Waals surface area contributed by atoms with Crippen LogP contribution in [0.5, 0.6) is 0 Å². The van der Waals surface area contributed by atoms with Crippen molar-refractivity contribution in [1.82, 2.24) is 20.4 Å². The Morgan fingerprint density at radius 3 is 2.52 bits per heavy atom. The van der Waals surface area contributed by atoms with Crippen LogP contribution in [0.3, 0.4) is 0 Å². The number of nitrogens with one attached hydrogen (secondary N) is 2. The van der Waals surface area contributed by atoms with Gasteiger partial charge in [0.1, 0.15) is 0 Å². The second-order valence-corrected chi connectivity index (χ2v) is 7.01.